The second-order valence-electron chi connectivity index (χ2n) is 5.11. The number of nitrogens with zero attached hydrogens (tertiary/aromatic N) is 7. The molecule has 1 N–H and O–H groups in total. The first-order valence-electron chi connectivity index (χ1n) is 6.94. The topological polar surface area (TPSA) is 78.8 Å². The van der Waals surface area contributed by atoms with Gasteiger partial charge in [-0.3, -0.25) is 0 Å². The lowest BCUT2D eigenvalue weighted by Crippen LogP contribution is -2.47. The summed E-state index contributed by atoms with van der Waals surface area (Å²) in [6, 6.07) is 0. The predicted octanol–water partition coefficient (Wildman–Crippen LogP) is 0.413. The van der Waals surface area contributed by atoms with Crippen LogP contribution in [0.1, 0.15) is 0 Å². The van der Waals surface area contributed by atoms with Gasteiger partial charge in [0.25, 0.3) is 0 Å². The number of fused-ring (bicyclic) bond motifs is 1. The molecule has 1 aliphatic heterocycles. The van der Waals surface area contributed by atoms with E-state index < -0.39 is 0 Å². The Balaban J connectivity index is 1.55. The minimum Gasteiger partial charge on any atom is -0.351 e. The number of hydrogen-bond acceptors (Lipinski definition) is 6. The third-order valence-electron chi connectivity index (χ3n) is 3.86. The maximum Gasteiger partial charge on any atom is 0.205 e. The molecule has 108 valence electrons. The number of imidazole rings is 2. The van der Waals surface area contributed by atoms with Crippen LogP contribution in [0.5, 0.6) is 0 Å². The van der Waals surface area contributed by atoms with Crippen molar-refractivity contribution in [1.82, 2.24) is 29.5 Å². The number of H-pyrrole nitrogens is 1. The minimum absolute atomic E-state index is 0.714. The van der Waals surface area contributed by atoms with E-state index in [1.807, 2.05) is 24.0 Å². The maximum atomic E-state index is 4.41. The Morgan fingerprint density at radius 3 is 2.57 bits per heavy atom. The molecule has 3 aromatic rings. The summed E-state index contributed by atoms with van der Waals surface area (Å²) in [5.41, 5.74) is 1.62. The monoisotopic (exact) mass is 284 g/mol. The summed E-state index contributed by atoms with van der Waals surface area (Å²) < 4.78 is 2.05. The Morgan fingerprint density at radius 1 is 1.00 bits per heavy atom. The Hall–Kier alpha value is -2.64. The lowest BCUT2D eigenvalue weighted by Gasteiger charge is -2.35. The summed E-state index contributed by atoms with van der Waals surface area (Å²) in [4.78, 5) is 24.8. The van der Waals surface area contributed by atoms with E-state index in [0.717, 1.165) is 43.5 Å². The lowest BCUT2D eigenvalue weighted by atomic mass is 10.3. The Morgan fingerprint density at radius 2 is 1.81 bits per heavy atom. The van der Waals surface area contributed by atoms with Gasteiger partial charge in [0.05, 0.1) is 6.33 Å². The number of anilines is 2. The van der Waals surface area contributed by atoms with Crippen LogP contribution in [0, 0.1) is 0 Å². The standard InChI is InChI=1S/C13H16N8/c1-19-3-2-14-13(19)21-6-4-20(5-7-21)12-10-11(16-8-15-10)17-9-18-12/h2-3,8-9H,4-7H2,1H3,(H,15,16,17,18). The van der Waals surface area contributed by atoms with E-state index in [9.17, 15) is 0 Å². The van der Waals surface area contributed by atoms with Crippen LogP contribution in [0.25, 0.3) is 11.2 Å². The molecule has 8 heteroatoms. The fraction of sp³-hybridized carbons (Fsp3) is 0.385. The second-order valence-corrected chi connectivity index (χ2v) is 5.11. The molecule has 0 saturated carbocycles. The van der Waals surface area contributed by atoms with E-state index >= 15 is 0 Å². The van der Waals surface area contributed by atoms with Gasteiger partial charge in [0.2, 0.25) is 5.95 Å². The van der Waals surface area contributed by atoms with Gasteiger partial charge in [0.1, 0.15) is 11.8 Å². The van der Waals surface area contributed by atoms with Crippen LogP contribution in [0.15, 0.2) is 25.0 Å². The third-order valence-corrected chi connectivity index (χ3v) is 3.86. The van der Waals surface area contributed by atoms with Crippen molar-refractivity contribution >= 4 is 22.9 Å². The molecule has 0 aromatic carbocycles. The van der Waals surface area contributed by atoms with E-state index in [1.165, 1.54) is 0 Å². The molecule has 0 amide bonds. The molecule has 4 heterocycles. The molecule has 8 nitrogen and oxygen atoms in total. The molecule has 0 unspecified atom stereocenters. The summed E-state index contributed by atoms with van der Waals surface area (Å²) in [5, 5.41) is 0. The van der Waals surface area contributed by atoms with Crippen molar-refractivity contribution in [3.63, 3.8) is 0 Å². The zero-order valence-corrected chi connectivity index (χ0v) is 11.8. The van der Waals surface area contributed by atoms with Gasteiger partial charge < -0.3 is 19.4 Å². The first-order valence-corrected chi connectivity index (χ1v) is 6.94. The molecule has 0 spiro atoms. The third kappa shape index (κ3) is 1.99. The van der Waals surface area contributed by atoms with Gasteiger partial charge in [-0.2, -0.15) is 0 Å². The first-order chi connectivity index (χ1) is 10.3. The van der Waals surface area contributed by atoms with Crippen LogP contribution in [0.2, 0.25) is 0 Å². The Bertz CT molecular complexity index is 752. The minimum atomic E-state index is 0.714. The molecule has 0 radical (unpaired) electrons. The summed E-state index contributed by atoms with van der Waals surface area (Å²) in [6.07, 6.45) is 7.04. The highest BCUT2D eigenvalue weighted by Gasteiger charge is 2.22. The number of piperazine rings is 1. The largest absolute Gasteiger partial charge is 0.351 e. The van der Waals surface area contributed by atoms with Crippen LogP contribution in [-0.4, -0.2) is 55.7 Å². The summed E-state index contributed by atoms with van der Waals surface area (Å²) >= 11 is 0. The van der Waals surface area contributed by atoms with E-state index in [2.05, 4.69) is 34.7 Å². The van der Waals surface area contributed by atoms with Crippen LogP contribution in [-0.2, 0) is 7.05 Å². The maximum absolute atomic E-state index is 4.41. The molecule has 21 heavy (non-hydrogen) atoms. The SMILES string of the molecule is Cn1ccnc1N1CCN(c2ncnc3nc[nH]c23)CC1. The van der Waals surface area contributed by atoms with Crippen molar-refractivity contribution < 1.29 is 0 Å². The molecule has 1 fully saturated rings. The highest BCUT2D eigenvalue weighted by Crippen LogP contribution is 2.22. The number of aromatic nitrogens is 6. The van der Waals surface area contributed by atoms with Crippen molar-refractivity contribution in [3.8, 4) is 0 Å². The van der Waals surface area contributed by atoms with Crippen LogP contribution < -0.4 is 9.80 Å². The van der Waals surface area contributed by atoms with Crippen molar-refractivity contribution in [2.24, 2.45) is 7.05 Å². The summed E-state index contributed by atoms with van der Waals surface area (Å²) in [7, 11) is 2.02. The van der Waals surface area contributed by atoms with E-state index in [1.54, 1.807) is 12.7 Å². The molecule has 0 aliphatic carbocycles. The fourth-order valence-corrected chi connectivity index (χ4v) is 2.77. The Labute approximate surface area is 121 Å². The van der Waals surface area contributed by atoms with Crippen molar-refractivity contribution in [2.75, 3.05) is 36.0 Å². The van der Waals surface area contributed by atoms with E-state index in [4.69, 9.17) is 0 Å². The van der Waals surface area contributed by atoms with Crippen LogP contribution in [0.4, 0.5) is 11.8 Å². The molecule has 1 aliphatic rings. The molecule has 3 aromatic heterocycles. The average Bonchev–Trinajstić information content (AvgIpc) is 3.15. The molecular weight excluding hydrogens is 268 g/mol. The van der Waals surface area contributed by atoms with Gasteiger partial charge in [-0.25, -0.2) is 19.9 Å². The van der Waals surface area contributed by atoms with Gasteiger partial charge in [-0.15, -0.1) is 0 Å². The first kappa shape index (κ1) is 12.1. The number of rotatable bonds is 2. The van der Waals surface area contributed by atoms with Crippen LogP contribution in [0.3, 0.4) is 0 Å². The zero-order valence-electron chi connectivity index (χ0n) is 11.8. The van der Waals surface area contributed by atoms with Gasteiger partial charge in [-0.05, 0) is 0 Å². The highest BCUT2D eigenvalue weighted by atomic mass is 15.4. The number of hydrogen-bond donors (Lipinski definition) is 1. The molecule has 4 rings (SSSR count). The average molecular weight is 284 g/mol. The zero-order chi connectivity index (χ0) is 14.2. The smallest absolute Gasteiger partial charge is 0.205 e. The molecule has 0 bridgehead atoms. The number of aryl methyl sites for hydroxylation is 1. The van der Waals surface area contributed by atoms with Crippen LogP contribution >= 0.6 is 0 Å². The van der Waals surface area contributed by atoms with E-state index in [-0.39, 0.29) is 0 Å². The summed E-state index contributed by atoms with van der Waals surface area (Å²) in [5.74, 6) is 1.95. The lowest BCUT2D eigenvalue weighted by molar-refractivity contribution is 0.626. The van der Waals surface area contributed by atoms with E-state index in [0.29, 0.717) is 5.65 Å². The van der Waals surface area contributed by atoms with Gasteiger partial charge >= 0.3 is 0 Å². The van der Waals surface area contributed by atoms with Gasteiger partial charge in [-0.1, -0.05) is 0 Å². The Kier molecular flexibility index (Phi) is 2.73. The molecular formula is C13H16N8. The van der Waals surface area contributed by atoms with Gasteiger partial charge in [0.15, 0.2) is 11.5 Å². The van der Waals surface area contributed by atoms with Crippen molar-refractivity contribution in [2.45, 2.75) is 0 Å². The second kappa shape index (κ2) is 4.72. The summed E-state index contributed by atoms with van der Waals surface area (Å²) in [6.45, 7) is 3.64. The van der Waals surface area contributed by atoms with Gasteiger partial charge in [0, 0.05) is 45.6 Å². The number of nitrogens with one attached hydrogen (secondary N) is 1. The normalized spacial score (nSPS) is 15.9. The van der Waals surface area contributed by atoms with Crippen molar-refractivity contribution in [3.05, 3.63) is 25.0 Å². The predicted molar refractivity (Wildman–Crippen MR) is 79.3 cm³/mol. The quantitative estimate of drug-likeness (QED) is 0.734. The van der Waals surface area contributed by atoms with Crippen molar-refractivity contribution in [1.29, 1.82) is 0 Å². The fourth-order valence-electron chi connectivity index (χ4n) is 2.77. The molecule has 1 saturated heterocycles. The number of aromatic amines is 1. The highest BCUT2D eigenvalue weighted by molar-refractivity contribution is 5.82. The molecule has 0 atom stereocenters.